The maximum atomic E-state index is 10.9. The normalized spacial score (nSPS) is 34.8. The van der Waals surface area contributed by atoms with Crippen molar-refractivity contribution in [2.45, 2.75) is 32.4 Å². The lowest BCUT2D eigenvalue weighted by molar-refractivity contribution is -0.120. The zero-order chi connectivity index (χ0) is 7.56. The number of amides is 1. The van der Waals surface area contributed by atoms with Gasteiger partial charge in [0.1, 0.15) is 0 Å². The first-order chi connectivity index (χ1) is 4.68. The standard InChI is InChI=1S/C7H14N2O/c1-5-3-7(10)8-4-6(2)9-5/h5-6,9H,3-4H2,1-2H3,(H,8,10)/t5?,6-/m1/s1. The molecule has 0 spiro atoms. The molecule has 3 heteroatoms. The van der Waals surface area contributed by atoms with E-state index in [1.165, 1.54) is 0 Å². The molecule has 0 aromatic heterocycles. The Labute approximate surface area is 61.2 Å². The zero-order valence-electron chi connectivity index (χ0n) is 6.48. The van der Waals surface area contributed by atoms with Crippen LogP contribution in [0.25, 0.3) is 0 Å². The topological polar surface area (TPSA) is 41.1 Å². The van der Waals surface area contributed by atoms with Crippen molar-refractivity contribution in [1.82, 2.24) is 10.6 Å². The van der Waals surface area contributed by atoms with Gasteiger partial charge in [-0.05, 0) is 13.8 Å². The zero-order valence-corrected chi connectivity index (χ0v) is 6.48. The predicted octanol–water partition coefficient (Wildman–Crippen LogP) is -0.127. The van der Waals surface area contributed by atoms with Gasteiger partial charge in [0.2, 0.25) is 5.91 Å². The summed E-state index contributed by atoms with van der Waals surface area (Å²) >= 11 is 0. The minimum Gasteiger partial charge on any atom is -0.355 e. The summed E-state index contributed by atoms with van der Waals surface area (Å²) in [7, 11) is 0. The highest BCUT2D eigenvalue weighted by Crippen LogP contribution is 1.96. The first-order valence-electron chi connectivity index (χ1n) is 3.71. The maximum absolute atomic E-state index is 10.9. The SMILES string of the molecule is CC1CC(=O)NC[C@@H](C)N1. The van der Waals surface area contributed by atoms with E-state index in [9.17, 15) is 4.79 Å². The first kappa shape index (κ1) is 7.54. The molecule has 0 radical (unpaired) electrons. The van der Waals surface area contributed by atoms with E-state index >= 15 is 0 Å². The molecule has 2 atom stereocenters. The van der Waals surface area contributed by atoms with Crippen molar-refractivity contribution in [3.63, 3.8) is 0 Å². The first-order valence-corrected chi connectivity index (χ1v) is 3.71. The molecule has 1 rings (SSSR count). The number of rotatable bonds is 0. The third-order valence-electron chi connectivity index (χ3n) is 1.67. The Bertz CT molecular complexity index is 136. The van der Waals surface area contributed by atoms with Crippen molar-refractivity contribution in [2.24, 2.45) is 0 Å². The molecule has 1 heterocycles. The summed E-state index contributed by atoms with van der Waals surface area (Å²) in [5.74, 6) is 0.157. The van der Waals surface area contributed by atoms with Gasteiger partial charge in [0, 0.05) is 25.0 Å². The Balaban J connectivity index is 2.46. The van der Waals surface area contributed by atoms with Gasteiger partial charge in [0.15, 0.2) is 0 Å². The fourth-order valence-corrected chi connectivity index (χ4v) is 1.22. The summed E-state index contributed by atoms with van der Waals surface area (Å²) in [5.41, 5.74) is 0. The summed E-state index contributed by atoms with van der Waals surface area (Å²) in [6, 6.07) is 0.721. The third-order valence-corrected chi connectivity index (χ3v) is 1.67. The summed E-state index contributed by atoms with van der Waals surface area (Å²) in [5, 5.41) is 6.11. The quantitative estimate of drug-likeness (QED) is 0.495. The number of nitrogens with one attached hydrogen (secondary N) is 2. The van der Waals surface area contributed by atoms with E-state index in [2.05, 4.69) is 17.6 Å². The summed E-state index contributed by atoms with van der Waals surface area (Å²) in [6.07, 6.45) is 0.602. The summed E-state index contributed by atoms with van der Waals surface area (Å²) < 4.78 is 0. The molecule has 0 aromatic carbocycles. The Hall–Kier alpha value is -0.570. The average molecular weight is 142 g/mol. The van der Waals surface area contributed by atoms with Crippen LogP contribution < -0.4 is 10.6 Å². The van der Waals surface area contributed by atoms with Gasteiger partial charge in [-0.25, -0.2) is 0 Å². The number of hydrogen-bond acceptors (Lipinski definition) is 2. The molecule has 1 saturated heterocycles. The molecule has 0 aromatic rings. The van der Waals surface area contributed by atoms with Crippen molar-refractivity contribution in [1.29, 1.82) is 0 Å². The smallest absolute Gasteiger partial charge is 0.221 e. The summed E-state index contributed by atoms with van der Waals surface area (Å²) in [4.78, 5) is 10.9. The Morgan fingerprint density at radius 3 is 2.80 bits per heavy atom. The van der Waals surface area contributed by atoms with E-state index in [1.54, 1.807) is 0 Å². The van der Waals surface area contributed by atoms with E-state index < -0.39 is 0 Å². The number of hydrogen-bond donors (Lipinski definition) is 2. The van der Waals surface area contributed by atoms with Crippen molar-refractivity contribution in [3.05, 3.63) is 0 Å². The van der Waals surface area contributed by atoms with E-state index in [-0.39, 0.29) is 5.91 Å². The number of carbonyl (C=O) groups is 1. The van der Waals surface area contributed by atoms with Crippen LogP contribution in [0.5, 0.6) is 0 Å². The fraction of sp³-hybridized carbons (Fsp3) is 0.857. The molecule has 58 valence electrons. The monoisotopic (exact) mass is 142 g/mol. The van der Waals surface area contributed by atoms with Crippen LogP contribution in [-0.4, -0.2) is 24.5 Å². The van der Waals surface area contributed by atoms with Crippen LogP contribution in [-0.2, 0) is 4.79 Å². The Morgan fingerprint density at radius 1 is 1.40 bits per heavy atom. The molecule has 0 bridgehead atoms. The van der Waals surface area contributed by atoms with Gasteiger partial charge in [-0.15, -0.1) is 0 Å². The molecule has 1 aliphatic heterocycles. The minimum atomic E-state index is 0.157. The molecule has 10 heavy (non-hydrogen) atoms. The molecule has 1 amide bonds. The van der Waals surface area contributed by atoms with E-state index in [4.69, 9.17) is 0 Å². The minimum absolute atomic E-state index is 0.157. The van der Waals surface area contributed by atoms with Crippen LogP contribution in [0.2, 0.25) is 0 Å². The van der Waals surface area contributed by atoms with Gasteiger partial charge in [0.25, 0.3) is 0 Å². The Morgan fingerprint density at radius 2 is 2.10 bits per heavy atom. The van der Waals surface area contributed by atoms with Gasteiger partial charge in [0.05, 0.1) is 0 Å². The molecular formula is C7H14N2O. The second-order valence-electron chi connectivity index (χ2n) is 2.98. The highest BCUT2D eigenvalue weighted by Gasteiger charge is 2.15. The summed E-state index contributed by atoms with van der Waals surface area (Å²) in [6.45, 7) is 4.85. The third kappa shape index (κ3) is 1.99. The fourth-order valence-electron chi connectivity index (χ4n) is 1.22. The predicted molar refractivity (Wildman–Crippen MR) is 39.7 cm³/mol. The lowest BCUT2D eigenvalue weighted by atomic mass is 10.2. The molecule has 1 aliphatic rings. The Kier molecular flexibility index (Phi) is 2.27. The van der Waals surface area contributed by atoms with Crippen molar-refractivity contribution >= 4 is 5.91 Å². The van der Waals surface area contributed by atoms with Gasteiger partial charge in [-0.3, -0.25) is 4.79 Å². The van der Waals surface area contributed by atoms with Gasteiger partial charge in [-0.1, -0.05) is 0 Å². The second-order valence-corrected chi connectivity index (χ2v) is 2.98. The van der Waals surface area contributed by atoms with Crippen molar-refractivity contribution < 1.29 is 4.79 Å². The van der Waals surface area contributed by atoms with Crippen LogP contribution in [0.1, 0.15) is 20.3 Å². The van der Waals surface area contributed by atoms with Crippen LogP contribution in [0.3, 0.4) is 0 Å². The molecule has 3 nitrogen and oxygen atoms in total. The molecule has 1 unspecified atom stereocenters. The molecule has 0 saturated carbocycles. The molecule has 2 N–H and O–H groups in total. The van der Waals surface area contributed by atoms with Gasteiger partial charge < -0.3 is 10.6 Å². The average Bonchev–Trinajstić information content (AvgIpc) is 1.93. The van der Waals surface area contributed by atoms with Crippen LogP contribution in [0, 0.1) is 0 Å². The van der Waals surface area contributed by atoms with Crippen molar-refractivity contribution in [2.75, 3.05) is 6.54 Å². The lowest BCUT2D eigenvalue weighted by Crippen LogP contribution is -2.36. The van der Waals surface area contributed by atoms with E-state index in [1.807, 2.05) is 6.92 Å². The largest absolute Gasteiger partial charge is 0.355 e. The lowest BCUT2D eigenvalue weighted by Gasteiger charge is -2.12. The molecule has 1 fully saturated rings. The van der Waals surface area contributed by atoms with Crippen molar-refractivity contribution in [3.8, 4) is 0 Å². The van der Waals surface area contributed by atoms with Gasteiger partial charge >= 0.3 is 0 Å². The van der Waals surface area contributed by atoms with E-state index in [0.717, 1.165) is 6.54 Å². The highest BCUT2D eigenvalue weighted by atomic mass is 16.1. The molecule has 0 aliphatic carbocycles. The van der Waals surface area contributed by atoms with E-state index in [0.29, 0.717) is 18.5 Å². The number of carbonyl (C=O) groups excluding carboxylic acids is 1. The highest BCUT2D eigenvalue weighted by molar-refractivity contribution is 5.76. The second kappa shape index (κ2) is 3.01. The van der Waals surface area contributed by atoms with Crippen LogP contribution in [0.4, 0.5) is 0 Å². The maximum Gasteiger partial charge on any atom is 0.221 e. The van der Waals surface area contributed by atoms with Crippen LogP contribution in [0.15, 0.2) is 0 Å². The van der Waals surface area contributed by atoms with Gasteiger partial charge in [-0.2, -0.15) is 0 Å². The van der Waals surface area contributed by atoms with Crippen LogP contribution >= 0.6 is 0 Å². The molecular weight excluding hydrogens is 128 g/mol.